The Bertz CT molecular complexity index is 389. The van der Waals surface area contributed by atoms with Gasteiger partial charge in [-0.3, -0.25) is 0 Å². The van der Waals surface area contributed by atoms with Gasteiger partial charge in [-0.05, 0) is 31.0 Å². The van der Waals surface area contributed by atoms with E-state index < -0.39 is 0 Å². The molecule has 0 saturated carbocycles. The topological polar surface area (TPSA) is 30.5 Å². The quantitative estimate of drug-likeness (QED) is 0.900. The zero-order valence-corrected chi connectivity index (χ0v) is 11.0. The summed E-state index contributed by atoms with van der Waals surface area (Å²) in [7, 11) is 3.23. The van der Waals surface area contributed by atoms with Gasteiger partial charge in [-0.2, -0.15) is 0 Å². The number of piperidine rings is 1. The maximum Gasteiger partial charge on any atom is 0.179 e. The summed E-state index contributed by atoms with van der Waals surface area (Å²) in [5.74, 6) is 1.30. The maximum atomic E-state index is 6.38. The fraction of sp³-hybridized carbons (Fsp3) is 0.538. The first-order valence-electron chi connectivity index (χ1n) is 5.91. The molecule has 1 aliphatic rings. The second-order valence-corrected chi connectivity index (χ2v) is 4.58. The molecule has 2 rings (SSSR count). The second kappa shape index (κ2) is 5.61. The standard InChI is InChI=1S/C13H18ClNO2/c1-16-11-7-6-9(12(14)13(11)17-2)10-5-3-4-8-15-10/h6-7,10,15H,3-5,8H2,1-2H3/t10-/m0/s1. The lowest BCUT2D eigenvalue weighted by Gasteiger charge is -2.25. The van der Waals surface area contributed by atoms with Gasteiger partial charge in [0.1, 0.15) is 0 Å². The molecule has 1 aromatic rings. The number of hydrogen-bond donors (Lipinski definition) is 1. The van der Waals surface area contributed by atoms with Gasteiger partial charge >= 0.3 is 0 Å². The summed E-state index contributed by atoms with van der Waals surface area (Å²) in [6.45, 7) is 1.05. The van der Waals surface area contributed by atoms with Crippen LogP contribution in [0.15, 0.2) is 12.1 Å². The van der Waals surface area contributed by atoms with E-state index in [2.05, 4.69) is 5.32 Å². The number of benzene rings is 1. The summed E-state index contributed by atoms with van der Waals surface area (Å²) in [6, 6.07) is 4.26. The van der Waals surface area contributed by atoms with Crippen molar-refractivity contribution in [2.45, 2.75) is 25.3 Å². The van der Waals surface area contributed by atoms with Crippen LogP contribution < -0.4 is 14.8 Å². The van der Waals surface area contributed by atoms with Crippen LogP contribution in [-0.2, 0) is 0 Å². The molecule has 0 aromatic heterocycles. The van der Waals surface area contributed by atoms with Gasteiger partial charge in [0, 0.05) is 6.04 Å². The third-order valence-corrected chi connectivity index (χ3v) is 3.59. The number of nitrogens with one attached hydrogen (secondary N) is 1. The number of methoxy groups -OCH3 is 2. The number of halogens is 1. The van der Waals surface area contributed by atoms with Crippen LogP contribution in [0.5, 0.6) is 11.5 Å². The first-order valence-corrected chi connectivity index (χ1v) is 6.29. The molecule has 0 aliphatic carbocycles. The molecule has 17 heavy (non-hydrogen) atoms. The average Bonchev–Trinajstić information content (AvgIpc) is 2.39. The van der Waals surface area contributed by atoms with Crippen molar-refractivity contribution < 1.29 is 9.47 Å². The normalized spacial score (nSPS) is 20.1. The molecule has 0 bridgehead atoms. The maximum absolute atomic E-state index is 6.38. The Labute approximate surface area is 107 Å². The Hall–Kier alpha value is -0.930. The van der Waals surface area contributed by atoms with Crippen molar-refractivity contribution in [3.63, 3.8) is 0 Å². The summed E-state index contributed by atoms with van der Waals surface area (Å²) in [6.07, 6.45) is 3.60. The van der Waals surface area contributed by atoms with Gasteiger partial charge in [-0.25, -0.2) is 0 Å². The Morgan fingerprint density at radius 2 is 2.06 bits per heavy atom. The lowest BCUT2D eigenvalue weighted by atomic mass is 9.97. The van der Waals surface area contributed by atoms with Crippen molar-refractivity contribution in [3.8, 4) is 11.5 Å². The molecule has 1 atom stereocenters. The zero-order valence-electron chi connectivity index (χ0n) is 10.3. The highest BCUT2D eigenvalue weighted by molar-refractivity contribution is 6.33. The summed E-state index contributed by atoms with van der Waals surface area (Å²) in [5.41, 5.74) is 1.10. The molecule has 0 amide bonds. The highest BCUT2D eigenvalue weighted by Gasteiger charge is 2.21. The van der Waals surface area contributed by atoms with Crippen molar-refractivity contribution in [2.24, 2.45) is 0 Å². The molecule has 94 valence electrons. The predicted octanol–water partition coefficient (Wildman–Crippen LogP) is 3.17. The van der Waals surface area contributed by atoms with Gasteiger partial charge < -0.3 is 14.8 Å². The van der Waals surface area contributed by atoms with Crippen molar-refractivity contribution >= 4 is 11.6 Å². The highest BCUT2D eigenvalue weighted by Crippen LogP contribution is 2.40. The highest BCUT2D eigenvalue weighted by atomic mass is 35.5. The van der Waals surface area contributed by atoms with Crippen molar-refractivity contribution in [3.05, 3.63) is 22.7 Å². The minimum Gasteiger partial charge on any atom is -0.493 e. The smallest absolute Gasteiger partial charge is 0.179 e. The zero-order chi connectivity index (χ0) is 12.3. The fourth-order valence-electron chi connectivity index (χ4n) is 2.29. The van der Waals surface area contributed by atoms with Gasteiger partial charge in [0.25, 0.3) is 0 Å². The first-order chi connectivity index (χ1) is 8.27. The van der Waals surface area contributed by atoms with E-state index >= 15 is 0 Å². The Morgan fingerprint density at radius 1 is 1.24 bits per heavy atom. The summed E-state index contributed by atoms with van der Waals surface area (Å²) < 4.78 is 10.5. The van der Waals surface area contributed by atoms with Gasteiger partial charge in [0.05, 0.1) is 19.2 Å². The van der Waals surface area contributed by atoms with Gasteiger partial charge in [0.2, 0.25) is 0 Å². The molecule has 1 aromatic carbocycles. The molecule has 1 aliphatic heterocycles. The van der Waals surface area contributed by atoms with E-state index in [9.17, 15) is 0 Å². The van der Waals surface area contributed by atoms with E-state index in [1.54, 1.807) is 14.2 Å². The van der Waals surface area contributed by atoms with Crippen molar-refractivity contribution in [1.82, 2.24) is 5.32 Å². The summed E-state index contributed by atoms with van der Waals surface area (Å²) in [4.78, 5) is 0. The van der Waals surface area contributed by atoms with Gasteiger partial charge in [-0.1, -0.05) is 24.1 Å². The molecule has 1 heterocycles. The van der Waals surface area contributed by atoms with Gasteiger partial charge in [-0.15, -0.1) is 0 Å². The fourth-order valence-corrected chi connectivity index (χ4v) is 2.66. The Balaban J connectivity index is 2.34. The van der Waals surface area contributed by atoms with Gasteiger partial charge in [0.15, 0.2) is 11.5 Å². The molecule has 1 N–H and O–H groups in total. The van der Waals surface area contributed by atoms with Crippen LogP contribution in [0.25, 0.3) is 0 Å². The van der Waals surface area contributed by atoms with E-state index in [1.165, 1.54) is 12.8 Å². The molecule has 0 spiro atoms. The molecule has 1 fully saturated rings. The minimum atomic E-state index is 0.330. The van der Waals surface area contributed by atoms with Crippen LogP contribution in [0.1, 0.15) is 30.9 Å². The number of hydrogen-bond acceptors (Lipinski definition) is 3. The average molecular weight is 256 g/mol. The molecule has 0 unspecified atom stereocenters. The number of ether oxygens (including phenoxy) is 2. The van der Waals surface area contributed by atoms with Crippen LogP contribution in [-0.4, -0.2) is 20.8 Å². The largest absolute Gasteiger partial charge is 0.493 e. The predicted molar refractivity (Wildman–Crippen MR) is 69.2 cm³/mol. The third kappa shape index (κ3) is 2.50. The van der Waals surface area contributed by atoms with Crippen LogP contribution in [0.4, 0.5) is 0 Å². The van der Waals surface area contributed by atoms with Crippen LogP contribution >= 0.6 is 11.6 Å². The lowest BCUT2D eigenvalue weighted by Crippen LogP contribution is -2.27. The van der Waals surface area contributed by atoms with E-state index in [1.807, 2.05) is 12.1 Å². The molecule has 0 radical (unpaired) electrons. The van der Waals surface area contributed by atoms with Crippen LogP contribution in [0.3, 0.4) is 0 Å². The monoisotopic (exact) mass is 255 g/mol. The molecule has 1 saturated heterocycles. The third-order valence-electron chi connectivity index (χ3n) is 3.20. The minimum absolute atomic E-state index is 0.330. The summed E-state index contributed by atoms with van der Waals surface area (Å²) in [5, 5.41) is 4.14. The van der Waals surface area contributed by atoms with Crippen molar-refractivity contribution in [1.29, 1.82) is 0 Å². The number of rotatable bonds is 3. The molecular formula is C13H18ClNO2. The molecule has 3 nitrogen and oxygen atoms in total. The summed E-state index contributed by atoms with van der Waals surface area (Å²) >= 11 is 6.38. The molecule has 4 heteroatoms. The van der Waals surface area contributed by atoms with E-state index in [0.29, 0.717) is 22.6 Å². The molecular weight excluding hydrogens is 238 g/mol. The van der Waals surface area contributed by atoms with Crippen LogP contribution in [0.2, 0.25) is 5.02 Å². The van der Waals surface area contributed by atoms with E-state index in [-0.39, 0.29) is 0 Å². The Kier molecular flexibility index (Phi) is 4.13. The van der Waals surface area contributed by atoms with E-state index in [4.69, 9.17) is 21.1 Å². The second-order valence-electron chi connectivity index (χ2n) is 4.21. The Morgan fingerprint density at radius 3 is 2.65 bits per heavy atom. The van der Waals surface area contributed by atoms with Crippen molar-refractivity contribution in [2.75, 3.05) is 20.8 Å². The van der Waals surface area contributed by atoms with E-state index in [0.717, 1.165) is 18.5 Å². The first kappa shape index (κ1) is 12.5. The van der Waals surface area contributed by atoms with Crippen LogP contribution in [0, 0.1) is 0 Å². The SMILES string of the molecule is COc1ccc([C@@H]2CCCCN2)c(Cl)c1OC. The lowest BCUT2D eigenvalue weighted by molar-refractivity contribution is 0.352.